The second-order valence-electron chi connectivity index (χ2n) is 4.23. The van der Waals surface area contributed by atoms with Crippen LogP contribution in [0, 0.1) is 0 Å². The van der Waals surface area contributed by atoms with Crippen molar-refractivity contribution in [2.75, 3.05) is 6.61 Å². The summed E-state index contributed by atoms with van der Waals surface area (Å²) in [5.74, 6) is -0.352. The van der Waals surface area contributed by atoms with Crippen molar-refractivity contribution in [3.05, 3.63) is 34.2 Å². The lowest BCUT2D eigenvalue weighted by Crippen LogP contribution is -2.42. The van der Waals surface area contributed by atoms with Gasteiger partial charge in [0.25, 0.3) is 11.5 Å². The maximum atomic E-state index is 11.8. The summed E-state index contributed by atoms with van der Waals surface area (Å²) >= 11 is 0. The first-order valence-electron chi connectivity index (χ1n) is 5.78. The van der Waals surface area contributed by atoms with E-state index in [-0.39, 0.29) is 29.2 Å². The largest absolute Gasteiger partial charge is 0.376 e. The average molecular weight is 236 g/mol. The summed E-state index contributed by atoms with van der Waals surface area (Å²) in [6.07, 6.45) is 3.54. The van der Waals surface area contributed by atoms with Gasteiger partial charge in [-0.05, 0) is 31.9 Å². The molecule has 1 amide bonds. The minimum Gasteiger partial charge on any atom is -0.376 e. The summed E-state index contributed by atoms with van der Waals surface area (Å²) in [4.78, 5) is 25.7. The van der Waals surface area contributed by atoms with Gasteiger partial charge >= 0.3 is 0 Å². The van der Waals surface area contributed by atoms with Gasteiger partial charge in [-0.2, -0.15) is 0 Å². The van der Waals surface area contributed by atoms with Crippen LogP contribution in [0.4, 0.5) is 0 Å². The molecule has 2 N–H and O–H groups in total. The number of carbonyl (C=O) groups excluding carboxylic acids is 1. The Morgan fingerprint density at radius 2 is 2.47 bits per heavy atom. The monoisotopic (exact) mass is 236 g/mol. The first-order valence-corrected chi connectivity index (χ1v) is 5.78. The molecule has 2 atom stereocenters. The van der Waals surface area contributed by atoms with E-state index in [1.165, 1.54) is 12.3 Å². The van der Waals surface area contributed by atoms with E-state index in [4.69, 9.17) is 4.74 Å². The van der Waals surface area contributed by atoms with Crippen molar-refractivity contribution in [1.82, 2.24) is 10.3 Å². The van der Waals surface area contributed by atoms with Gasteiger partial charge in [-0.1, -0.05) is 0 Å². The molecule has 1 fully saturated rings. The van der Waals surface area contributed by atoms with Crippen LogP contribution in [-0.4, -0.2) is 29.6 Å². The Kier molecular flexibility index (Phi) is 3.58. The third-order valence-corrected chi connectivity index (χ3v) is 2.94. The Hall–Kier alpha value is -1.62. The highest BCUT2D eigenvalue weighted by molar-refractivity contribution is 5.93. The second-order valence-corrected chi connectivity index (χ2v) is 4.23. The molecule has 0 aliphatic carbocycles. The molecular formula is C12H16N2O3. The minimum atomic E-state index is -0.371. The molecule has 1 aliphatic heterocycles. The molecule has 17 heavy (non-hydrogen) atoms. The molecule has 0 saturated carbocycles. The number of rotatable bonds is 3. The van der Waals surface area contributed by atoms with Crippen LogP contribution < -0.4 is 10.9 Å². The molecule has 1 aromatic heterocycles. The predicted molar refractivity (Wildman–Crippen MR) is 63.0 cm³/mol. The number of nitrogens with one attached hydrogen (secondary N) is 2. The Labute approximate surface area is 99.2 Å². The summed E-state index contributed by atoms with van der Waals surface area (Å²) in [5, 5.41) is 2.80. The van der Waals surface area contributed by atoms with Crippen LogP contribution in [0.15, 0.2) is 23.1 Å². The number of aromatic nitrogens is 1. The van der Waals surface area contributed by atoms with E-state index in [1.54, 1.807) is 6.07 Å². The number of ether oxygens (including phenoxy) is 1. The van der Waals surface area contributed by atoms with Crippen LogP contribution in [0.25, 0.3) is 0 Å². The van der Waals surface area contributed by atoms with Gasteiger partial charge in [0.2, 0.25) is 0 Å². The van der Waals surface area contributed by atoms with Crippen molar-refractivity contribution in [2.45, 2.75) is 31.9 Å². The van der Waals surface area contributed by atoms with Gasteiger partial charge in [0.05, 0.1) is 12.1 Å². The zero-order chi connectivity index (χ0) is 12.3. The van der Waals surface area contributed by atoms with Gasteiger partial charge in [-0.15, -0.1) is 0 Å². The van der Waals surface area contributed by atoms with Crippen molar-refractivity contribution in [2.24, 2.45) is 0 Å². The van der Waals surface area contributed by atoms with Crippen LogP contribution in [-0.2, 0) is 4.74 Å². The fraction of sp³-hybridized carbons (Fsp3) is 0.500. The Bertz CT molecular complexity index is 449. The van der Waals surface area contributed by atoms with Crippen molar-refractivity contribution < 1.29 is 9.53 Å². The van der Waals surface area contributed by atoms with Gasteiger partial charge in [-0.3, -0.25) is 9.59 Å². The highest BCUT2D eigenvalue weighted by atomic mass is 16.5. The number of hydrogen-bond donors (Lipinski definition) is 2. The highest BCUT2D eigenvalue weighted by Gasteiger charge is 2.24. The Morgan fingerprint density at radius 3 is 3.12 bits per heavy atom. The van der Waals surface area contributed by atoms with Crippen molar-refractivity contribution in [1.29, 1.82) is 0 Å². The topological polar surface area (TPSA) is 71.2 Å². The standard InChI is InChI=1S/C12H16N2O3/c1-8(10-5-3-7-17-10)14-12(16)9-4-2-6-13-11(9)15/h2,4,6,8,10H,3,5,7H2,1H3,(H,13,15)(H,14,16)/t8-,10-/m0/s1. The lowest BCUT2D eigenvalue weighted by atomic mass is 10.1. The summed E-state index contributed by atoms with van der Waals surface area (Å²) in [5.41, 5.74) is -0.234. The number of amides is 1. The SMILES string of the molecule is C[C@H](NC(=O)c1ccc[nH]c1=O)[C@@H]1CCCO1. The maximum Gasteiger partial charge on any atom is 0.260 e. The summed E-state index contributed by atoms with van der Waals surface area (Å²) < 4.78 is 5.48. The van der Waals surface area contributed by atoms with E-state index in [2.05, 4.69) is 10.3 Å². The Balaban J connectivity index is 2.01. The van der Waals surface area contributed by atoms with Gasteiger partial charge in [0, 0.05) is 12.8 Å². The number of pyridine rings is 1. The fourth-order valence-electron chi connectivity index (χ4n) is 1.97. The second kappa shape index (κ2) is 5.14. The molecule has 0 aromatic carbocycles. The van der Waals surface area contributed by atoms with Crippen LogP contribution >= 0.6 is 0 Å². The van der Waals surface area contributed by atoms with Crippen molar-refractivity contribution in [3.63, 3.8) is 0 Å². The highest BCUT2D eigenvalue weighted by Crippen LogP contribution is 2.15. The van der Waals surface area contributed by atoms with E-state index in [9.17, 15) is 9.59 Å². The van der Waals surface area contributed by atoms with Crippen molar-refractivity contribution >= 4 is 5.91 Å². The van der Waals surface area contributed by atoms with E-state index in [0.717, 1.165) is 19.4 Å². The molecule has 5 nitrogen and oxygen atoms in total. The first-order chi connectivity index (χ1) is 8.18. The minimum absolute atomic E-state index is 0.0572. The quantitative estimate of drug-likeness (QED) is 0.810. The van der Waals surface area contributed by atoms with Gasteiger partial charge in [0.15, 0.2) is 0 Å². The molecule has 0 unspecified atom stereocenters. The van der Waals surface area contributed by atoms with E-state index in [0.29, 0.717) is 0 Å². The smallest absolute Gasteiger partial charge is 0.260 e. The first kappa shape index (κ1) is 11.9. The van der Waals surface area contributed by atoms with Gasteiger partial charge in [0.1, 0.15) is 5.56 Å². The molecule has 0 radical (unpaired) electrons. The van der Waals surface area contributed by atoms with E-state index in [1.807, 2.05) is 6.92 Å². The predicted octanol–water partition coefficient (Wildman–Crippen LogP) is 0.672. The molecule has 1 saturated heterocycles. The third kappa shape index (κ3) is 2.74. The molecule has 5 heteroatoms. The number of carbonyl (C=O) groups is 1. The van der Waals surface area contributed by atoms with Crippen molar-refractivity contribution in [3.8, 4) is 0 Å². The number of aromatic amines is 1. The van der Waals surface area contributed by atoms with Gasteiger partial charge in [-0.25, -0.2) is 0 Å². The fourth-order valence-corrected chi connectivity index (χ4v) is 1.97. The van der Waals surface area contributed by atoms with Crippen LogP contribution in [0.1, 0.15) is 30.1 Å². The summed E-state index contributed by atoms with van der Waals surface area (Å²) in [7, 11) is 0. The van der Waals surface area contributed by atoms with Gasteiger partial charge < -0.3 is 15.0 Å². The third-order valence-electron chi connectivity index (χ3n) is 2.94. The molecule has 2 rings (SSSR count). The molecule has 0 spiro atoms. The van der Waals surface area contributed by atoms with E-state index >= 15 is 0 Å². The summed E-state index contributed by atoms with van der Waals surface area (Å²) in [6, 6.07) is 3.06. The van der Waals surface area contributed by atoms with Crippen LogP contribution in [0.3, 0.4) is 0 Å². The average Bonchev–Trinajstić information content (AvgIpc) is 2.82. The Morgan fingerprint density at radius 1 is 1.65 bits per heavy atom. The molecule has 0 bridgehead atoms. The molecular weight excluding hydrogens is 220 g/mol. The molecule has 1 aliphatic rings. The van der Waals surface area contributed by atoms with Crippen LogP contribution in [0.5, 0.6) is 0 Å². The lowest BCUT2D eigenvalue weighted by molar-refractivity contribution is 0.0711. The zero-order valence-corrected chi connectivity index (χ0v) is 9.73. The lowest BCUT2D eigenvalue weighted by Gasteiger charge is -2.19. The maximum absolute atomic E-state index is 11.8. The summed E-state index contributed by atoms with van der Waals surface area (Å²) in [6.45, 7) is 2.64. The van der Waals surface area contributed by atoms with E-state index < -0.39 is 0 Å². The normalized spacial score (nSPS) is 21.1. The number of hydrogen-bond acceptors (Lipinski definition) is 3. The number of H-pyrrole nitrogens is 1. The molecule has 92 valence electrons. The molecule has 1 aromatic rings. The zero-order valence-electron chi connectivity index (χ0n) is 9.73. The molecule has 2 heterocycles. The van der Waals surface area contributed by atoms with Crippen LogP contribution in [0.2, 0.25) is 0 Å².